The molecule has 0 saturated heterocycles. The van der Waals surface area contributed by atoms with Gasteiger partial charge in [0.1, 0.15) is 18.2 Å². The van der Waals surface area contributed by atoms with Gasteiger partial charge in [-0.2, -0.15) is 11.8 Å². The molecule has 0 aliphatic heterocycles. The van der Waals surface area contributed by atoms with Gasteiger partial charge in [0.25, 0.3) is 0 Å². The average molecular weight is 298 g/mol. The minimum Gasteiger partial charge on any atom is -0.377 e. The maximum Gasteiger partial charge on any atom is 0.158 e. The summed E-state index contributed by atoms with van der Waals surface area (Å²) < 4.78 is 5.13. The number of anilines is 2. The highest BCUT2D eigenvalue weighted by Gasteiger charge is 2.07. The molecule has 1 rings (SSSR count). The van der Waals surface area contributed by atoms with E-state index < -0.39 is 0 Å². The first kappa shape index (κ1) is 17.0. The summed E-state index contributed by atoms with van der Waals surface area (Å²) in [5.41, 5.74) is 0. The molecule has 0 radical (unpaired) electrons. The Morgan fingerprint density at radius 2 is 2.05 bits per heavy atom. The fourth-order valence-electron chi connectivity index (χ4n) is 1.70. The van der Waals surface area contributed by atoms with Crippen LogP contribution in [0.25, 0.3) is 0 Å². The average Bonchev–Trinajstić information content (AvgIpc) is 2.43. The minimum atomic E-state index is 0.379. The van der Waals surface area contributed by atoms with Crippen molar-refractivity contribution in [1.29, 1.82) is 0 Å². The first-order valence-corrected chi connectivity index (χ1v) is 8.30. The van der Waals surface area contributed by atoms with Crippen molar-refractivity contribution in [3.63, 3.8) is 0 Å². The molecule has 1 unspecified atom stereocenters. The first-order chi connectivity index (χ1) is 9.69. The summed E-state index contributed by atoms with van der Waals surface area (Å²) in [6, 6.07) is 2.34. The Hall–Kier alpha value is -1.01. The maximum atomic E-state index is 5.13. The van der Waals surface area contributed by atoms with Gasteiger partial charge in [0.2, 0.25) is 0 Å². The Morgan fingerprint density at radius 3 is 2.70 bits per heavy atom. The molecule has 1 aromatic rings. The molecule has 0 aromatic carbocycles. The second kappa shape index (κ2) is 9.83. The monoisotopic (exact) mass is 298 g/mol. The quantitative estimate of drug-likeness (QED) is 0.692. The standard InChI is InChI=1S/C14H26N4OS/c1-5-7-15-12-8-13(16-11(3)10-20-6-2)18-14(17-12)9-19-4/h8,11H,5-7,9-10H2,1-4H3,(H2,15,16,17,18). The van der Waals surface area contributed by atoms with E-state index in [2.05, 4.69) is 41.4 Å². The van der Waals surface area contributed by atoms with Crippen molar-refractivity contribution in [3.05, 3.63) is 11.9 Å². The molecule has 0 saturated carbocycles. The smallest absolute Gasteiger partial charge is 0.158 e. The van der Waals surface area contributed by atoms with Crippen LogP contribution in [0.3, 0.4) is 0 Å². The SMILES string of the molecule is CCCNc1cc(NC(C)CSCC)nc(COC)n1. The lowest BCUT2D eigenvalue weighted by molar-refractivity contribution is 0.178. The van der Waals surface area contributed by atoms with Gasteiger partial charge in [-0.1, -0.05) is 13.8 Å². The van der Waals surface area contributed by atoms with Crippen molar-refractivity contribution in [1.82, 2.24) is 9.97 Å². The van der Waals surface area contributed by atoms with Crippen LogP contribution in [0.15, 0.2) is 6.07 Å². The first-order valence-electron chi connectivity index (χ1n) is 7.14. The topological polar surface area (TPSA) is 59.1 Å². The highest BCUT2D eigenvalue weighted by molar-refractivity contribution is 7.99. The molecule has 6 heteroatoms. The van der Waals surface area contributed by atoms with Crippen LogP contribution >= 0.6 is 11.8 Å². The van der Waals surface area contributed by atoms with Gasteiger partial charge in [0.15, 0.2) is 5.82 Å². The molecule has 2 N–H and O–H groups in total. The predicted molar refractivity (Wildman–Crippen MR) is 87.6 cm³/mol. The number of hydrogen-bond donors (Lipinski definition) is 2. The zero-order valence-electron chi connectivity index (χ0n) is 12.9. The summed E-state index contributed by atoms with van der Waals surface area (Å²) in [6.45, 7) is 7.80. The molecule has 20 heavy (non-hydrogen) atoms. The summed E-state index contributed by atoms with van der Waals surface area (Å²) in [5, 5.41) is 6.72. The number of rotatable bonds is 10. The Labute approximate surface area is 126 Å². The Bertz CT molecular complexity index is 389. The van der Waals surface area contributed by atoms with Crippen molar-refractivity contribution in [3.8, 4) is 0 Å². The molecule has 0 bridgehead atoms. The highest BCUT2D eigenvalue weighted by Crippen LogP contribution is 2.14. The largest absolute Gasteiger partial charge is 0.377 e. The van der Waals surface area contributed by atoms with Crippen molar-refractivity contribution in [2.75, 3.05) is 35.8 Å². The van der Waals surface area contributed by atoms with Gasteiger partial charge in [-0.25, -0.2) is 9.97 Å². The van der Waals surface area contributed by atoms with E-state index in [4.69, 9.17) is 4.74 Å². The van der Waals surface area contributed by atoms with Crippen molar-refractivity contribution in [2.24, 2.45) is 0 Å². The Balaban J connectivity index is 2.73. The number of nitrogens with one attached hydrogen (secondary N) is 2. The Kier molecular flexibility index (Phi) is 8.37. The van der Waals surface area contributed by atoms with Gasteiger partial charge in [-0.3, -0.25) is 0 Å². The summed E-state index contributed by atoms with van der Waals surface area (Å²) in [7, 11) is 1.66. The molecular weight excluding hydrogens is 272 g/mol. The lowest BCUT2D eigenvalue weighted by atomic mass is 10.3. The maximum absolute atomic E-state index is 5.13. The lowest BCUT2D eigenvalue weighted by Gasteiger charge is -2.15. The second-order valence-electron chi connectivity index (χ2n) is 4.62. The molecule has 1 heterocycles. The molecule has 0 amide bonds. The van der Waals surface area contributed by atoms with Crippen molar-refractivity contribution >= 4 is 23.4 Å². The van der Waals surface area contributed by atoms with Crippen molar-refractivity contribution < 1.29 is 4.74 Å². The van der Waals surface area contributed by atoms with E-state index in [1.54, 1.807) is 7.11 Å². The highest BCUT2D eigenvalue weighted by atomic mass is 32.2. The van der Waals surface area contributed by atoms with Crippen LogP contribution in [-0.4, -0.2) is 41.2 Å². The third-order valence-corrected chi connectivity index (χ3v) is 3.71. The van der Waals surface area contributed by atoms with Gasteiger partial charge in [0.05, 0.1) is 0 Å². The number of methoxy groups -OCH3 is 1. The molecular formula is C14H26N4OS. The van der Waals surface area contributed by atoms with Gasteiger partial charge < -0.3 is 15.4 Å². The fourth-order valence-corrected chi connectivity index (χ4v) is 2.37. The van der Waals surface area contributed by atoms with Crippen LogP contribution in [0.5, 0.6) is 0 Å². The Morgan fingerprint density at radius 1 is 1.30 bits per heavy atom. The predicted octanol–water partition coefficient (Wildman–Crippen LogP) is 3.00. The van der Waals surface area contributed by atoms with E-state index in [0.29, 0.717) is 18.5 Å². The van der Waals surface area contributed by atoms with Crippen LogP contribution in [0, 0.1) is 0 Å². The van der Waals surface area contributed by atoms with Gasteiger partial charge in [0, 0.05) is 31.5 Å². The summed E-state index contributed by atoms with van der Waals surface area (Å²) in [5.74, 6) is 4.61. The van der Waals surface area contributed by atoms with E-state index >= 15 is 0 Å². The zero-order valence-corrected chi connectivity index (χ0v) is 13.7. The van der Waals surface area contributed by atoms with E-state index in [0.717, 1.165) is 36.1 Å². The van der Waals surface area contributed by atoms with E-state index in [1.165, 1.54) is 0 Å². The van der Waals surface area contributed by atoms with Gasteiger partial charge in [-0.05, 0) is 19.1 Å². The number of nitrogens with zero attached hydrogens (tertiary/aromatic N) is 2. The van der Waals surface area contributed by atoms with Gasteiger partial charge in [-0.15, -0.1) is 0 Å². The normalized spacial score (nSPS) is 12.2. The summed E-state index contributed by atoms with van der Waals surface area (Å²) in [6.07, 6.45) is 1.07. The molecule has 0 spiro atoms. The van der Waals surface area contributed by atoms with Crippen LogP contribution < -0.4 is 10.6 Å². The van der Waals surface area contributed by atoms with E-state index in [9.17, 15) is 0 Å². The molecule has 0 aliphatic rings. The number of thioether (sulfide) groups is 1. The van der Waals surface area contributed by atoms with Gasteiger partial charge >= 0.3 is 0 Å². The van der Waals surface area contributed by atoms with Crippen LogP contribution in [0.1, 0.15) is 33.0 Å². The lowest BCUT2D eigenvalue weighted by Crippen LogP contribution is -2.20. The molecule has 114 valence electrons. The number of ether oxygens (including phenoxy) is 1. The summed E-state index contributed by atoms with van der Waals surface area (Å²) >= 11 is 1.92. The van der Waals surface area contributed by atoms with Crippen LogP contribution in [0.4, 0.5) is 11.6 Å². The third kappa shape index (κ3) is 6.43. The minimum absolute atomic E-state index is 0.379. The molecule has 0 aliphatic carbocycles. The molecule has 5 nitrogen and oxygen atoms in total. The van der Waals surface area contributed by atoms with E-state index in [1.807, 2.05) is 17.8 Å². The van der Waals surface area contributed by atoms with Crippen LogP contribution in [0.2, 0.25) is 0 Å². The summed E-state index contributed by atoms with van der Waals surface area (Å²) in [4.78, 5) is 8.92. The second-order valence-corrected chi connectivity index (χ2v) is 5.94. The molecule has 1 atom stereocenters. The van der Waals surface area contributed by atoms with Crippen molar-refractivity contribution in [2.45, 2.75) is 39.8 Å². The van der Waals surface area contributed by atoms with E-state index in [-0.39, 0.29) is 0 Å². The number of aromatic nitrogens is 2. The fraction of sp³-hybridized carbons (Fsp3) is 0.714. The number of hydrogen-bond acceptors (Lipinski definition) is 6. The third-order valence-electron chi connectivity index (χ3n) is 2.57. The molecule has 1 aromatic heterocycles. The molecule has 0 fully saturated rings. The van der Waals surface area contributed by atoms with Crippen LogP contribution in [-0.2, 0) is 11.3 Å². The zero-order chi connectivity index (χ0) is 14.8.